The molecule has 3 atom stereocenters. The van der Waals surface area contributed by atoms with Gasteiger partial charge in [0.05, 0.1) is 19.8 Å². The Kier molecular flexibility index (Phi) is 6.23. The van der Waals surface area contributed by atoms with Crippen molar-refractivity contribution in [2.45, 2.75) is 57.7 Å². The molecule has 0 aromatic rings. The summed E-state index contributed by atoms with van der Waals surface area (Å²) >= 11 is 0. The SMILES string of the molecule is CCC1COC(C)CN1CCCC(C)(N)C(=O)OC. The molecule has 1 aliphatic heterocycles. The smallest absolute Gasteiger partial charge is 0.325 e. The lowest BCUT2D eigenvalue weighted by molar-refractivity contribution is -0.146. The molecule has 0 aliphatic carbocycles. The van der Waals surface area contributed by atoms with Gasteiger partial charge in [-0.25, -0.2) is 0 Å². The standard InChI is InChI=1S/C14H28N2O3/c1-5-12-10-19-11(2)9-16(12)8-6-7-14(3,15)13(17)18-4/h11-12H,5-10,15H2,1-4H3. The Balaban J connectivity index is 2.40. The summed E-state index contributed by atoms with van der Waals surface area (Å²) in [5.74, 6) is -0.338. The van der Waals surface area contributed by atoms with Gasteiger partial charge in [0.15, 0.2) is 0 Å². The Labute approximate surface area is 116 Å². The summed E-state index contributed by atoms with van der Waals surface area (Å²) in [6.07, 6.45) is 2.91. The molecule has 1 rings (SSSR count). The zero-order valence-corrected chi connectivity index (χ0v) is 12.6. The van der Waals surface area contributed by atoms with Crippen LogP contribution < -0.4 is 5.73 Å². The average molecular weight is 272 g/mol. The van der Waals surface area contributed by atoms with Gasteiger partial charge in [-0.05, 0) is 39.7 Å². The molecular weight excluding hydrogens is 244 g/mol. The number of carbonyl (C=O) groups is 1. The maximum atomic E-state index is 11.5. The highest BCUT2D eigenvalue weighted by molar-refractivity contribution is 5.79. The van der Waals surface area contributed by atoms with E-state index in [1.165, 1.54) is 7.11 Å². The molecule has 5 nitrogen and oxygen atoms in total. The fourth-order valence-corrected chi connectivity index (χ4v) is 2.55. The van der Waals surface area contributed by atoms with Crippen LogP contribution in [0.3, 0.4) is 0 Å². The van der Waals surface area contributed by atoms with Crippen molar-refractivity contribution in [1.82, 2.24) is 4.90 Å². The van der Waals surface area contributed by atoms with Gasteiger partial charge in [-0.3, -0.25) is 9.69 Å². The van der Waals surface area contributed by atoms with Crippen LogP contribution in [0.5, 0.6) is 0 Å². The van der Waals surface area contributed by atoms with Gasteiger partial charge in [0.2, 0.25) is 0 Å². The van der Waals surface area contributed by atoms with Gasteiger partial charge in [0.25, 0.3) is 0 Å². The molecule has 0 radical (unpaired) electrons. The fourth-order valence-electron chi connectivity index (χ4n) is 2.55. The molecule has 19 heavy (non-hydrogen) atoms. The highest BCUT2D eigenvalue weighted by atomic mass is 16.5. The zero-order valence-electron chi connectivity index (χ0n) is 12.6. The number of methoxy groups -OCH3 is 1. The number of rotatable bonds is 6. The van der Waals surface area contributed by atoms with E-state index in [2.05, 4.69) is 18.7 Å². The van der Waals surface area contributed by atoms with Crippen LogP contribution >= 0.6 is 0 Å². The summed E-state index contributed by atoms with van der Waals surface area (Å²) in [6, 6.07) is 0.485. The van der Waals surface area contributed by atoms with Crippen LogP contribution in [0.4, 0.5) is 0 Å². The lowest BCUT2D eigenvalue weighted by Crippen LogP contribution is -2.50. The van der Waals surface area contributed by atoms with Gasteiger partial charge in [-0.2, -0.15) is 0 Å². The second-order valence-electron chi connectivity index (χ2n) is 5.71. The predicted molar refractivity (Wildman–Crippen MR) is 74.9 cm³/mol. The van der Waals surface area contributed by atoms with E-state index in [0.29, 0.717) is 12.5 Å². The third-order valence-corrected chi connectivity index (χ3v) is 3.85. The van der Waals surface area contributed by atoms with Gasteiger partial charge in [0, 0.05) is 12.6 Å². The number of ether oxygens (including phenoxy) is 2. The maximum Gasteiger partial charge on any atom is 0.325 e. The second-order valence-corrected chi connectivity index (χ2v) is 5.71. The van der Waals surface area contributed by atoms with E-state index in [1.54, 1.807) is 6.92 Å². The quantitative estimate of drug-likeness (QED) is 0.735. The number of carbonyl (C=O) groups excluding carboxylic acids is 1. The van der Waals surface area contributed by atoms with Crippen molar-refractivity contribution in [3.8, 4) is 0 Å². The van der Waals surface area contributed by atoms with Crippen LogP contribution in [0, 0.1) is 0 Å². The minimum atomic E-state index is -0.881. The Morgan fingerprint density at radius 2 is 2.26 bits per heavy atom. The van der Waals surface area contributed by atoms with Crippen LogP contribution in [-0.4, -0.2) is 55.4 Å². The van der Waals surface area contributed by atoms with Crippen molar-refractivity contribution in [3.63, 3.8) is 0 Å². The lowest BCUT2D eigenvalue weighted by Gasteiger charge is -2.38. The maximum absolute atomic E-state index is 11.5. The summed E-state index contributed by atoms with van der Waals surface area (Å²) in [4.78, 5) is 14.0. The molecule has 1 saturated heterocycles. The van der Waals surface area contributed by atoms with Crippen molar-refractivity contribution in [2.75, 3.05) is 26.8 Å². The normalized spacial score (nSPS) is 27.8. The fraction of sp³-hybridized carbons (Fsp3) is 0.929. The Morgan fingerprint density at radius 3 is 2.84 bits per heavy atom. The van der Waals surface area contributed by atoms with Crippen LogP contribution in [0.2, 0.25) is 0 Å². The van der Waals surface area contributed by atoms with Crippen molar-refractivity contribution >= 4 is 5.97 Å². The van der Waals surface area contributed by atoms with E-state index >= 15 is 0 Å². The minimum Gasteiger partial charge on any atom is -0.468 e. The first-order valence-corrected chi connectivity index (χ1v) is 7.13. The molecule has 1 aliphatic rings. The van der Waals surface area contributed by atoms with Gasteiger partial charge in [-0.15, -0.1) is 0 Å². The lowest BCUT2D eigenvalue weighted by atomic mass is 9.97. The van der Waals surface area contributed by atoms with Crippen LogP contribution in [0.1, 0.15) is 40.0 Å². The van der Waals surface area contributed by atoms with Crippen molar-refractivity contribution < 1.29 is 14.3 Å². The summed E-state index contributed by atoms with van der Waals surface area (Å²) < 4.78 is 10.4. The summed E-state index contributed by atoms with van der Waals surface area (Å²) in [5.41, 5.74) is 5.08. The van der Waals surface area contributed by atoms with Gasteiger partial charge in [0.1, 0.15) is 5.54 Å². The number of esters is 1. The number of nitrogens with two attached hydrogens (primary N) is 1. The third kappa shape index (κ3) is 4.75. The zero-order chi connectivity index (χ0) is 14.5. The predicted octanol–water partition coefficient (Wildman–Crippen LogP) is 1.16. The average Bonchev–Trinajstić information content (AvgIpc) is 2.37. The van der Waals surface area contributed by atoms with E-state index in [0.717, 1.165) is 32.5 Å². The van der Waals surface area contributed by atoms with Gasteiger partial charge >= 0.3 is 5.97 Å². The number of morpholine rings is 1. The molecule has 0 bridgehead atoms. The van der Waals surface area contributed by atoms with Crippen molar-refractivity contribution in [3.05, 3.63) is 0 Å². The van der Waals surface area contributed by atoms with E-state index in [-0.39, 0.29) is 12.1 Å². The number of hydrogen-bond acceptors (Lipinski definition) is 5. The molecular formula is C14H28N2O3. The Bertz CT molecular complexity index is 294. The number of nitrogens with zero attached hydrogens (tertiary/aromatic N) is 1. The third-order valence-electron chi connectivity index (χ3n) is 3.85. The first kappa shape index (κ1) is 16.4. The molecule has 5 heteroatoms. The molecule has 2 N–H and O–H groups in total. The first-order chi connectivity index (χ1) is 8.90. The molecule has 0 saturated carbocycles. The molecule has 1 fully saturated rings. The van der Waals surface area contributed by atoms with Gasteiger partial charge < -0.3 is 15.2 Å². The molecule has 0 aromatic carbocycles. The highest BCUT2D eigenvalue weighted by Gasteiger charge is 2.30. The van der Waals surface area contributed by atoms with E-state index < -0.39 is 5.54 Å². The molecule has 0 spiro atoms. The summed E-state index contributed by atoms with van der Waals surface area (Å²) in [6.45, 7) is 8.72. The van der Waals surface area contributed by atoms with Crippen LogP contribution in [0.25, 0.3) is 0 Å². The Morgan fingerprint density at radius 1 is 1.58 bits per heavy atom. The van der Waals surface area contributed by atoms with E-state index in [4.69, 9.17) is 15.2 Å². The minimum absolute atomic E-state index is 0.285. The van der Waals surface area contributed by atoms with Crippen LogP contribution in [-0.2, 0) is 14.3 Å². The van der Waals surface area contributed by atoms with Crippen LogP contribution in [0.15, 0.2) is 0 Å². The molecule has 0 aromatic heterocycles. The molecule has 3 unspecified atom stereocenters. The summed E-state index contributed by atoms with van der Waals surface area (Å²) in [7, 11) is 1.38. The van der Waals surface area contributed by atoms with Gasteiger partial charge in [-0.1, -0.05) is 6.92 Å². The molecule has 1 heterocycles. The van der Waals surface area contributed by atoms with E-state index in [9.17, 15) is 4.79 Å². The van der Waals surface area contributed by atoms with Crippen molar-refractivity contribution in [2.24, 2.45) is 5.73 Å². The van der Waals surface area contributed by atoms with Crippen molar-refractivity contribution in [1.29, 1.82) is 0 Å². The summed E-state index contributed by atoms with van der Waals surface area (Å²) in [5, 5.41) is 0. The second kappa shape index (κ2) is 7.22. The Hall–Kier alpha value is -0.650. The largest absolute Gasteiger partial charge is 0.468 e. The first-order valence-electron chi connectivity index (χ1n) is 7.13. The topological polar surface area (TPSA) is 64.8 Å². The molecule has 0 amide bonds. The number of hydrogen-bond donors (Lipinski definition) is 1. The molecule has 112 valence electrons. The highest BCUT2D eigenvalue weighted by Crippen LogP contribution is 2.17. The monoisotopic (exact) mass is 272 g/mol. The van der Waals surface area contributed by atoms with E-state index in [1.807, 2.05) is 0 Å².